The number of methoxy groups -OCH3 is 1. The second kappa shape index (κ2) is 6.83. The molecule has 1 aromatic heterocycles. The zero-order valence-electron chi connectivity index (χ0n) is 12.5. The monoisotopic (exact) mass is 297 g/mol. The lowest BCUT2D eigenvalue weighted by Crippen LogP contribution is -2.36. The molecule has 0 aliphatic carbocycles. The molecule has 7 heteroatoms. The fourth-order valence-corrected chi connectivity index (χ4v) is 2.87. The van der Waals surface area contributed by atoms with E-state index in [0.29, 0.717) is 31.5 Å². The molecule has 0 spiro atoms. The predicted octanol–water partition coefficient (Wildman–Crippen LogP) is 0.990. The van der Waals surface area contributed by atoms with Gasteiger partial charge >= 0.3 is 0 Å². The Kier molecular flexibility index (Phi) is 4.84. The zero-order chi connectivity index (χ0) is 14.5. The van der Waals surface area contributed by atoms with Crippen molar-refractivity contribution in [2.75, 3.05) is 33.4 Å². The van der Waals surface area contributed by atoms with Crippen molar-refractivity contribution in [2.24, 2.45) is 0 Å². The van der Waals surface area contributed by atoms with E-state index in [1.165, 1.54) is 0 Å². The number of rotatable bonds is 5. The number of piperidine rings is 1. The number of hydrogen-bond donors (Lipinski definition) is 1. The molecule has 0 bridgehead atoms. The van der Waals surface area contributed by atoms with Crippen LogP contribution in [0, 0.1) is 0 Å². The molecule has 0 aromatic carbocycles. The van der Waals surface area contributed by atoms with E-state index in [-0.39, 0.29) is 6.10 Å². The van der Waals surface area contributed by atoms with Gasteiger partial charge in [0.1, 0.15) is 12.2 Å². The number of nitrogens with zero attached hydrogens (tertiary/aromatic N) is 2. The molecule has 2 aliphatic heterocycles. The summed E-state index contributed by atoms with van der Waals surface area (Å²) in [6.07, 6.45) is 3.83. The summed E-state index contributed by atoms with van der Waals surface area (Å²) in [5.41, 5.74) is -0.477. The highest BCUT2D eigenvalue weighted by molar-refractivity contribution is 5.02. The fraction of sp³-hybridized carbons (Fsp3) is 0.857. The van der Waals surface area contributed by atoms with E-state index in [9.17, 15) is 0 Å². The lowest BCUT2D eigenvalue weighted by atomic mass is 9.93. The molecule has 118 valence electrons. The van der Waals surface area contributed by atoms with Gasteiger partial charge in [0.15, 0.2) is 0 Å². The van der Waals surface area contributed by atoms with Gasteiger partial charge in [0, 0.05) is 33.2 Å². The van der Waals surface area contributed by atoms with Gasteiger partial charge in [-0.05, 0) is 25.9 Å². The van der Waals surface area contributed by atoms with Crippen LogP contribution in [0.4, 0.5) is 0 Å². The van der Waals surface area contributed by atoms with Crippen LogP contribution < -0.4 is 5.32 Å². The van der Waals surface area contributed by atoms with Crippen LogP contribution in [-0.2, 0) is 26.4 Å². The number of hydrogen-bond acceptors (Lipinski definition) is 7. The van der Waals surface area contributed by atoms with Crippen molar-refractivity contribution in [3.63, 3.8) is 0 Å². The molecule has 1 N–H and O–H groups in total. The molecule has 3 rings (SSSR count). The third-order valence-corrected chi connectivity index (χ3v) is 4.30. The van der Waals surface area contributed by atoms with Crippen molar-refractivity contribution in [2.45, 2.75) is 44.0 Å². The van der Waals surface area contributed by atoms with Crippen LogP contribution in [0.1, 0.15) is 37.4 Å². The standard InChI is InChI=1S/C14H23N3O4/c1-18-14(4-8-19-9-5-14)13-16-12(21-17-13)10-20-11-2-6-15-7-3-11/h11,15H,2-10H2,1H3. The summed E-state index contributed by atoms with van der Waals surface area (Å²) in [7, 11) is 1.69. The third-order valence-electron chi connectivity index (χ3n) is 4.30. The highest BCUT2D eigenvalue weighted by Crippen LogP contribution is 2.33. The van der Waals surface area contributed by atoms with E-state index in [0.717, 1.165) is 38.8 Å². The Bertz CT molecular complexity index is 439. The summed E-state index contributed by atoms with van der Waals surface area (Å²) < 4.78 is 22.2. The van der Waals surface area contributed by atoms with E-state index >= 15 is 0 Å². The van der Waals surface area contributed by atoms with E-state index in [1.807, 2.05) is 0 Å². The Morgan fingerprint density at radius 1 is 1.29 bits per heavy atom. The molecule has 21 heavy (non-hydrogen) atoms. The summed E-state index contributed by atoms with van der Waals surface area (Å²) in [6, 6.07) is 0. The quantitative estimate of drug-likeness (QED) is 0.868. The first-order valence-corrected chi connectivity index (χ1v) is 7.61. The van der Waals surface area contributed by atoms with Crippen molar-refractivity contribution in [3.8, 4) is 0 Å². The maximum absolute atomic E-state index is 5.83. The number of aromatic nitrogens is 2. The first-order valence-electron chi connectivity index (χ1n) is 7.61. The summed E-state index contributed by atoms with van der Waals surface area (Å²) in [6.45, 7) is 3.69. The molecule has 3 heterocycles. The third kappa shape index (κ3) is 3.42. The molecule has 1 aromatic rings. The maximum Gasteiger partial charge on any atom is 0.252 e. The first-order chi connectivity index (χ1) is 10.3. The Labute approximate surface area is 124 Å². The summed E-state index contributed by atoms with van der Waals surface area (Å²) in [4.78, 5) is 4.46. The lowest BCUT2D eigenvalue weighted by molar-refractivity contribution is -0.101. The summed E-state index contributed by atoms with van der Waals surface area (Å²) in [5, 5.41) is 7.40. The molecular formula is C14H23N3O4. The number of nitrogens with one attached hydrogen (secondary N) is 1. The van der Waals surface area contributed by atoms with Crippen LogP contribution in [0.15, 0.2) is 4.52 Å². The normalized spacial score (nSPS) is 23.3. The SMILES string of the molecule is COC1(c2noc(COC3CCNCC3)n2)CCOCC1. The van der Waals surface area contributed by atoms with Crippen LogP contribution in [0.5, 0.6) is 0 Å². The molecule has 0 unspecified atom stereocenters. The minimum atomic E-state index is -0.477. The Hall–Kier alpha value is -1.02. The van der Waals surface area contributed by atoms with Gasteiger partial charge in [-0.1, -0.05) is 5.16 Å². The van der Waals surface area contributed by atoms with Crippen LogP contribution >= 0.6 is 0 Å². The van der Waals surface area contributed by atoms with Gasteiger partial charge < -0.3 is 24.1 Å². The highest BCUT2D eigenvalue weighted by atomic mass is 16.5. The molecule has 0 radical (unpaired) electrons. The van der Waals surface area contributed by atoms with E-state index < -0.39 is 5.60 Å². The average Bonchev–Trinajstić information content (AvgIpc) is 3.04. The van der Waals surface area contributed by atoms with E-state index in [2.05, 4.69) is 15.5 Å². The van der Waals surface area contributed by atoms with Crippen LogP contribution in [0.3, 0.4) is 0 Å². The zero-order valence-corrected chi connectivity index (χ0v) is 12.5. The number of ether oxygens (including phenoxy) is 3. The minimum Gasteiger partial charge on any atom is -0.381 e. The van der Waals surface area contributed by atoms with Crippen LogP contribution in [0.25, 0.3) is 0 Å². The van der Waals surface area contributed by atoms with Gasteiger partial charge in [-0.2, -0.15) is 4.98 Å². The van der Waals surface area contributed by atoms with Crippen molar-refractivity contribution < 1.29 is 18.7 Å². The van der Waals surface area contributed by atoms with Gasteiger partial charge in [-0.25, -0.2) is 0 Å². The van der Waals surface area contributed by atoms with Crippen molar-refractivity contribution in [1.29, 1.82) is 0 Å². The minimum absolute atomic E-state index is 0.279. The maximum atomic E-state index is 5.83. The lowest BCUT2D eigenvalue weighted by Gasteiger charge is -2.32. The van der Waals surface area contributed by atoms with Gasteiger partial charge in [-0.15, -0.1) is 0 Å². The summed E-state index contributed by atoms with van der Waals surface area (Å²) >= 11 is 0. The van der Waals surface area contributed by atoms with Gasteiger partial charge in [0.2, 0.25) is 5.82 Å². The van der Waals surface area contributed by atoms with Crippen molar-refractivity contribution >= 4 is 0 Å². The first kappa shape index (κ1) is 14.9. The van der Waals surface area contributed by atoms with E-state index in [1.54, 1.807) is 7.11 Å². The Morgan fingerprint density at radius 2 is 2.05 bits per heavy atom. The average molecular weight is 297 g/mol. The molecule has 0 saturated carbocycles. The van der Waals surface area contributed by atoms with Gasteiger partial charge in [0.25, 0.3) is 5.89 Å². The van der Waals surface area contributed by atoms with Gasteiger partial charge in [-0.3, -0.25) is 0 Å². The molecule has 7 nitrogen and oxygen atoms in total. The van der Waals surface area contributed by atoms with Crippen LogP contribution in [-0.4, -0.2) is 49.7 Å². The molecular weight excluding hydrogens is 274 g/mol. The predicted molar refractivity (Wildman–Crippen MR) is 73.7 cm³/mol. The topological polar surface area (TPSA) is 78.6 Å². The fourth-order valence-electron chi connectivity index (χ4n) is 2.87. The van der Waals surface area contributed by atoms with Crippen LogP contribution in [0.2, 0.25) is 0 Å². The smallest absolute Gasteiger partial charge is 0.252 e. The molecule has 2 fully saturated rings. The van der Waals surface area contributed by atoms with E-state index in [4.69, 9.17) is 18.7 Å². The largest absolute Gasteiger partial charge is 0.381 e. The van der Waals surface area contributed by atoms with Gasteiger partial charge in [0.05, 0.1) is 6.10 Å². The second-order valence-electron chi connectivity index (χ2n) is 5.58. The Balaban J connectivity index is 1.59. The molecule has 2 aliphatic rings. The second-order valence-corrected chi connectivity index (χ2v) is 5.58. The Morgan fingerprint density at radius 3 is 2.76 bits per heavy atom. The molecule has 2 saturated heterocycles. The van der Waals surface area contributed by atoms with Crippen molar-refractivity contribution in [1.82, 2.24) is 15.5 Å². The summed E-state index contributed by atoms with van der Waals surface area (Å²) in [5.74, 6) is 1.13. The highest BCUT2D eigenvalue weighted by Gasteiger charge is 2.39. The van der Waals surface area contributed by atoms with Crippen molar-refractivity contribution in [3.05, 3.63) is 11.7 Å². The molecule has 0 atom stereocenters. The molecule has 0 amide bonds.